The SMILES string of the molecule is CCS(=O)(=O)C(Br)(I)C(=O)C(C)(C)C. The molecule has 0 aliphatic carbocycles. The summed E-state index contributed by atoms with van der Waals surface area (Å²) in [5.41, 5.74) is -0.674. The third-order valence-corrected chi connectivity index (χ3v) is 7.79. The molecule has 0 saturated heterocycles. The van der Waals surface area contributed by atoms with Crippen LogP contribution in [0.4, 0.5) is 0 Å². The maximum absolute atomic E-state index is 11.9. The summed E-state index contributed by atoms with van der Waals surface area (Å²) in [6.07, 6.45) is 0. The molecule has 0 saturated carbocycles. The molecule has 1 atom stereocenters. The second-order valence-electron chi connectivity index (χ2n) is 4.00. The van der Waals surface area contributed by atoms with Crippen LogP contribution in [0.25, 0.3) is 0 Å². The lowest BCUT2D eigenvalue weighted by Crippen LogP contribution is -2.42. The molecule has 0 bridgehead atoms. The van der Waals surface area contributed by atoms with Crippen molar-refractivity contribution >= 4 is 54.1 Å². The Labute approximate surface area is 107 Å². The van der Waals surface area contributed by atoms with E-state index in [1.165, 1.54) is 6.92 Å². The highest BCUT2D eigenvalue weighted by atomic mass is 127. The second-order valence-corrected chi connectivity index (χ2v) is 12.0. The number of hydrogen-bond acceptors (Lipinski definition) is 3. The van der Waals surface area contributed by atoms with E-state index in [-0.39, 0.29) is 11.5 Å². The Morgan fingerprint density at radius 1 is 1.36 bits per heavy atom. The van der Waals surface area contributed by atoms with Crippen LogP contribution in [0.1, 0.15) is 27.7 Å². The highest BCUT2D eigenvalue weighted by molar-refractivity contribution is 14.1. The Morgan fingerprint density at radius 2 is 1.71 bits per heavy atom. The molecule has 0 aromatic rings. The Balaban J connectivity index is 5.30. The van der Waals surface area contributed by atoms with Gasteiger partial charge in [0.05, 0.1) is 5.75 Å². The molecule has 14 heavy (non-hydrogen) atoms. The molecule has 0 fully saturated rings. The Bertz CT molecular complexity index is 327. The minimum absolute atomic E-state index is 0.0526. The lowest BCUT2D eigenvalue weighted by molar-refractivity contribution is -0.124. The average Bonchev–Trinajstić information content (AvgIpc) is 2.01. The number of sulfone groups is 1. The molecule has 0 aliphatic rings. The van der Waals surface area contributed by atoms with Crippen LogP contribution in [-0.2, 0) is 14.6 Å². The Hall–Kier alpha value is 0.830. The van der Waals surface area contributed by atoms with Crippen LogP contribution in [-0.4, -0.2) is 21.6 Å². The number of rotatable bonds is 3. The number of carbonyl (C=O) groups is 1. The van der Waals surface area contributed by atoms with E-state index in [4.69, 9.17) is 0 Å². The highest BCUT2D eigenvalue weighted by Crippen LogP contribution is 2.40. The van der Waals surface area contributed by atoms with Crippen molar-refractivity contribution in [3.63, 3.8) is 0 Å². The van der Waals surface area contributed by atoms with Crippen LogP contribution >= 0.6 is 38.5 Å². The third kappa shape index (κ3) is 2.91. The van der Waals surface area contributed by atoms with Crippen molar-refractivity contribution in [1.82, 2.24) is 0 Å². The third-order valence-electron chi connectivity index (χ3n) is 1.72. The van der Waals surface area contributed by atoms with Crippen molar-refractivity contribution in [3.8, 4) is 0 Å². The molecule has 0 rings (SSSR count). The molecule has 0 N–H and O–H groups in total. The molecule has 0 aliphatic heterocycles. The van der Waals surface area contributed by atoms with Crippen LogP contribution in [0, 0.1) is 5.41 Å². The van der Waals surface area contributed by atoms with Gasteiger partial charge in [-0.05, 0) is 38.5 Å². The van der Waals surface area contributed by atoms with Crippen LogP contribution in [0.5, 0.6) is 0 Å². The zero-order valence-electron chi connectivity index (χ0n) is 8.60. The van der Waals surface area contributed by atoms with Crippen molar-refractivity contribution in [3.05, 3.63) is 0 Å². The van der Waals surface area contributed by atoms with Crippen molar-refractivity contribution < 1.29 is 13.2 Å². The van der Waals surface area contributed by atoms with E-state index in [9.17, 15) is 13.2 Å². The van der Waals surface area contributed by atoms with Crippen molar-refractivity contribution in [2.75, 3.05) is 5.75 Å². The van der Waals surface area contributed by atoms with E-state index < -0.39 is 16.9 Å². The van der Waals surface area contributed by atoms with Gasteiger partial charge in [-0.25, -0.2) is 8.42 Å². The molecule has 0 heterocycles. The van der Waals surface area contributed by atoms with Gasteiger partial charge in [-0.15, -0.1) is 0 Å². The molecule has 0 aromatic heterocycles. The first-order chi connectivity index (χ1) is 5.97. The van der Waals surface area contributed by atoms with Gasteiger partial charge in [0.1, 0.15) is 0 Å². The summed E-state index contributed by atoms with van der Waals surface area (Å²) in [6.45, 7) is 6.64. The van der Waals surface area contributed by atoms with Crippen molar-refractivity contribution in [1.29, 1.82) is 0 Å². The van der Waals surface area contributed by atoms with Crippen LogP contribution < -0.4 is 0 Å². The predicted octanol–water partition coefficient (Wildman–Crippen LogP) is 2.52. The summed E-state index contributed by atoms with van der Waals surface area (Å²) in [5.74, 6) is -0.379. The fourth-order valence-corrected chi connectivity index (χ4v) is 4.74. The largest absolute Gasteiger partial charge is 0.295 e. The fourth-order valence-electron chi connectivity index (χ4n) is 0.759. The smallest absolute Gasteiger partial charge is 0.235 e. The first-order valence-electron chi connectivity index (χ1n) is 4.12. The summed E-state index contributed by atoms with van der Waals surface area (Å²) in [7, 11) is -3.43. The van der Waals surface area contributed by atoms with Crippen LogP contribution in [0.15, 0.2) is 0 Å². The van der Waals surface area contributed by atoms with Crippen molar-refractivity contribution in [2.24, 2.45) is 5.41 Å². The fraction of sp³-hybridized carbons (Fsp3) is 0.875. The van der Waals surface area contributed by atoms with Gasteiger partial charge in [-0.1, -0.05) is 27.7 Å². The van der Waals surface area contributed by atoms with Gasteiger partial charge in [-0.2, -0.15) is 0 Å². The number of halogens is 2. The normalized spacial score (nSPS) is 17.6. The molecule has 0 spiro atoms. The molecule has 0 aromatic carbocycles. The summed E-state index contributed by atoms with van der Waals surface area (Å²) in [5, 5.41) is 0. The van der Waals surface area contributed by atoms with E-state index >= 15 is 0 Å². The number of hydrogen-bond donors (Lipinski definition) is 0. The van der Waals surface area contributed by atoms with E-state index in [2.05, 4.69) is 15.9 Å². The molecular weight excluding hydrogens is 383 g/mol. The minimum Gasteiger partial charge on any atom is -0.295 e. The zero-order chi connectivity index (χ0) is 11.8. The first-order valence-corrected chi connectivity index (χ1v) is 7.64. The minimum atomic E-state index is -3.43. The molecular formula is C8H14BrIO3S. The number of carbonyl (C=O) groups excluding carboxylic acids is 1. The van der Waals surface area contributed by atoms with E-state index in [0.29, 0.717) is 0 Å². The van der Waals surface area contributed by atoms with Gasteiger partial charge >= 0.3 is 0 Å². The Morgan fingerprint density at radius 3 is 1.93 bits per heavy atom. The Kier molecular flexibility index (Phi) is 4.63. The zero-order valence-corrected chi connectivity index (χ0v) is 13.2. The van der Waals surface area contributed by atoms with Gasteiger partial charge in [0, 0.05) is 5.41 Å². The number of ketones is 1. The quantitative estimate of drug-likeness (QED) is 0.544. The number of Topliss-reactive ketones (excluding diaryl/α,β-unsaturated/α-hetero) is 1. The second kappa shape index (κ2) is 4.37. The molecule has 84 valence electrons. The maximum atomic E-state index is 11.9. The van der Waals surface area contributed by atoms with E-state index in [1.54, 1.807) is 43.4 Å². The van der Waals surface area contributed by atoms with Crippen molar-refractivity contribution in [2.45, 2.75) is 29.4 Å². The summed E-state index contributed by atoms with van der Waals surface area (Å²) in [6, 6.07) is 0. The predicted molar refractivity (Wildman–Crippen MR) is 69.6 cm³/mol. The standard InChI is InChI=1S/C8H14BrIO3S/c1-5-14(12,13)8(9,10)6(11)7(2,3)4/h5H2,1-4H3. The van der Waals surface area contributed by atoms with E-state index in [0.717, 1.165) is 0 Å². The van der Waals surface area contributed by atoms with Crippen LogP contribution in [0.3, 0.4) is 0 Å². The first kappa shape index (κ1) is 14.8. The summed E-state index contributed by atoms with van der Waals surface area (Å²) in [4.78, 5) is 11.9. The van der Waals surface area contributed by atoms with E-state index in [1.807, 2.05) is 0 Å². The highest BCUT2D eigenvalue weighted by Gasteiger charge is 2.48. The van der Waals surface area contributed by atoms with Gasteiger partial charge in [0.2, 0.25) is 1.66 Å². The average molecular weight is 397 g/mol. The van der Waals surface area contributed by atoms with Gasteiger partial charge < -0.3 is 0 Å². The topological polar surface area (TPSA) is 51.2 Å². The molecule has 3 nitrogen and oxygen atoms in total. The summed E-state index contributed by atoms with van der Waals surface area (Å²) < 4.78 is 21.8. The lowest BCUT2D eigenvalue weighted by atomic mass is 9.92. The summed E-state index contributed by atoms with van der Waals surface area (Å²) >= 11 is 4.66. The van der Waals surface area contributed by atoms with Crippen LogP contribution in [0.2, 0.25) is 0 Å². The van der Waals surface area contributed by atoms with Gasteiger partial charge in [0.15, 0.2) is 15.6 Å². The molecule has 0 amide bonds. The maximum Gasteiger partial charge on any atom is 0.235 e. The van der Waals surface area contributed by atoms with Gasteiger partial charge in [0.25, 0.3) is 0 Å². The molecule has 6 heteroatoms. The number of alkyl halides is 2. The van der Waals surface area contributed by atoms with Gasteiger partial charge in [-0.3, -0.25) is 4.79 Å². The molecule has 1 unspecified atom stereocenters. The molecule has 0 radical (unpaired) electrons. The monoisotopic (exact) mass is 396 g/mol. The lowest BCUT2D eigenvalue weighted by Gasteiger charge is -2.26.